The van der Waals surface area contributed by atoms with E-state index in [1.54, 1.807) is 6.92 Å². The predicted octanol–water partition coefficient (Wildman–Crippen LogP) is 0.181. The maximum absolute atomic E-state index is 12.2. The van der Waals surface area contributed by atoms with Crippen LogP contribution in [0, 0.1) is 0 Å². The molecule has 0 bridgehead atoms. The number of ether oxygens (including phenoxy) is 1. The standard InChI is InChI=1S/C10H15NO5S/c1-8-7-15-5-4-11(8)17(13,14)10-3-2-9(6-12)16-10/h2-3,8,12H,4-7H2,1H3. The molecule has 0 spiro atoms. The minimum atomic E-state index is -3.62. The summed E-state index contributed by atoms with van der Waals surface area (Å²) >= 11 is 0. The summed E-state index contributed by atoms with van der Waals surface area (Å²) in [5.74, 6) is 0.240. The smallest absolute Gasteiger partial charge is 0.276 e. The number of hydrogen-bond acceptors (Lipinski definition) is 5. The Morgan fingerprint density at radius 2 is 2.29 bits per heavy atom. The lowest BCUT2D eigenvalue weighted by Gasteiger charge is -2.31. The van der Waals surface area contributed by atoms with Gasteiger partial charge < -0.3 is 14.3 Å². The molecule has 6 nitrogen and oxygen atoms in total. The van der Waals surface area contributed by atoms with Crippen molar-refractivity contribution in [3.05, 3.63) is 17.9 Å². The van der Waals surface area contributed by atoms with E-state index >= 15 is 0 Å². The first-order valence-corrected chi connectivity index (χ1v) is 6.79. The van der Waals surface area contributed by atoms with Crippen LogP contribution in [0.3, 0.4) is 0 Å². The Balaban J connectivity index is 2.28. The Morgan fingerprint density at radius 1 is 1.53 bits per heavy atom. The molecule has 1 fully saturated rings. The fourth-order valence-corrected chi connectivity index (χ4v) is 3.30. The van der Waals surface area contributed by atoms with Gasteiger partial charge in [-0.15, -0.1) is 0 Å². The summed E-state index contributed by atoms with van der Waals surface area (Å²) in [7, 11) is -3.62. The molecule has 7 heteroatoms. The van der Waals surface area contributed by atoms with E-state index in [-0.39, 0.29) is 23.5 Å². The number of rotatable bonds is 3. The van der Waals surface area contributed by atoms with Gasteiger partial charge in [0.1, 0.15) is 12.4 Å². The first kappa shape index (κ1) is 12.6. The normalized spacial score (nSPS) is 22.8. The lowest BCUT2D eigenvalue weighted by molar-refractivity contribution is 0.0385. The zero-order valence-electron chi connectivity index (χ0n) is 9.50. The van der Waals surface area contributed by atoms with Gasteiger partial charge in [-0.1, -0.05) is 0 Å². The number of furan rings is 1. The van der Waals surface area contributed by atoms with Crippen molar-refractivity contribution < 1.29 is 22.7 Å². The number of aliphatic hydroxyl groups excluding tert-OH is 1. The van der Waals surface area contributed by atoms with Crippen LogP contribution in [0.15, 0.2) is 21.6 Å². The molecule has 1 N–H and O–H groups in total. The second kappa shape index (κ2) is 4.77. The molecule has 1 aromatic heterocycles. The molecule has 0 aromatic carbocycles. The minimum absolute atomic E-state index is 0.129. The molecular formula is C10H15NO5S. The molecule has 2 heterocycles. The molecule has 0 saturated carbocycles. The molecule has 17 heavy (non-hydrogen) atoms. The van der Waals surface area contributed by atoms with Crippen molar-refractivity contribution in [1.29, 1.82) is 0 Å². The molecule has 1 aromatic rings. The Hall–Kier alpha value is -0.890. The maximum Gasteiger partial charge on any atom is 0.276 e. The predicted molar refractivity (Wildman–Crippen MR) is 58.8 cm³/mol. The van der Waals surface area contributed by atoms with Gasteiger partial charge in [0, 0.05) is 12.6 Å². The zero-order chi connectivity index (χ0) is 12.5. The van der Waals surface area contributed by atoms with Crippen LogP contribution in [-0.2, 0) is 21.4 Å². The molecule has 1 aliphatic rings. The Kier molecular flexibility index (Phi) is 3.53. The van der Waals surface area contributed by atoms with Crippen molar-refractivity contribution >= 4 is 10.0 Å². The summed E-state index contributed by atoms with van der Waals surface area (Å²) in [5, 5.41) is 8.73. The SMILES string of the molecule is CC1COCCN1S(=O)(=O)c1ccc(CO)o1. The first-order valence-electron chi connectivity index (χ1n) is 5.35. The number of aliphatic hydroxyl groups is 1. The van der Waals surface area contributed by atoms with Crippen LogP contribution in [0.1, 0.15) is 12.7 Å². The lowest BCUT2D eigenvalue weighted by Crippen LogP contribution is -2.46. The summed E-state index contributed by atoms with van der Waals surface area (Å²) in [5.41, 5.74) is 0. The highest BCUT2D eigenvalue weighted by atomic mass is 32.2. The van der Waals surface area contributed by atoms with E-state index in [9.17, 15) is 8.42 Å². The molecule has 1 unspecified atom stereocenters. The fraction of sp³-hybridized carbons (Fsp3) is 0.600. The van der Waals surface area contributed by atoms with Gasteiger partial charge in [0.05, 0.1) is 13.2 Å². The molecule has 1 aliphatic heterocycles. The second-order valence-electron chi connectivity index (χ2n) is 3.92. The fourth-order valence-electron chi connectivity index (χ4n) is 1.77. The highest BCUT2D eigenvalue weighted by Crippen LogP contribution is 2.22. The third-order valence-corrected chi connectivity index (χ3v) is 4.55. The van der Waals surface area contributed by atoms with E-state index in [1.165, 1.54) is 16.4 Å². The molecule has 0 aliphatic carbocycles. The largest absolute Gasteiger partial charge is 0.446 e. The van der Waals surface area contributed by atoms with Crippen LogP contribution in [-0.4, -0.2) is 43.6 Å². The second-order valence-corrected chi connectivity index (χ2v) is 5.74. The first-order chi connectivity index (χ1) is 8.05. The highest BCUT2D eigenvalue weighted by Gasteiger charge is 2.33. The van der Waals surface area contributed by atoms with Gasteiger partial charge in [-0.05, 0) is 19.1 Å². The van der Waals surface area contributed by atoms with Crippen molar-refractivity contribution in [3.63, 3.8) is 0 Å². The Labute approximate surface area is 99.8 Å². The van der Waals surface area contributed by atoms with Crippen LogP contribution in [0.4, 0.5) is 0 Å². The highest BCUT2D eigenvalue weighted by molar-refractivity contribution is 7.89. The van der Waals surface area contributed by atoms with Gasteiger partial charge in [0.15, 0.2) is 0 Å². The number of nitrogens with zero attached hydrogens (tertiary/aromatic N) is 1. The van der Waals surface area contributed by atoms with Gasteiger partial charge in [0.2, 0.25) is 5.09 Å². The van der Waals surface area contributed by atoms with Gasteiger partial charge >= 0.3 is 0 Å². The van der Waals surface area contributed by atoms with E-state index < -0.39 is 10.0 Å². The quantitative estimate of drug-likeness (QED) is 0.839. The topological polar surface area (TPSA) is 80.0 Å². The third kappa shape index (κ3) is 2.37. The molecule has 0 amide bonds. The zero-order valence-corrected chi connectivity index (χ0v) is 10.3. The summed E-state index contributed by atoms with van der Waals surface area (Å²) in [6, 6.07) is 2.61. The molecule has 96 valence electrons. The monoisotopic (exact) mass is 261 g/mol. The average molecular weight is 261 g/mol. The molecule has 0 radical (unpaired) electrons. The summed E-state index contributed by atoms with van der Waals surface area (Å²) in [6.45, 7) is 2.56. The van der Waals surface area contributed by atoms with E-state index in [0.29, 0.717) is 19.8 Å². The van der Waals surface area contributed by atoms with Crippen molar-refractivity contribution in [2.75, 3.05) is 19.8 Å². The molecule has 1 saturated heterocycles. The number of morpholine rings is 1. The van der Waals surface area contributed by atoms with E-state index in [4.69, 9.17) is 14.3 Å². The minimum Gasteiger partial charge on any atom is -0.446 e. The van der Waals surface area contributed by atoms with Crippen molar-refractivity contribution in [2.45, 2.75) is 24.7 Å². The van der Waals surface area contributed by atoms with Crippen LogP contribution < -0.4 is 0 Å². The molecule has 2 rings (SSSR count). The summed E-state index contributed by atoms with van der Waals surface area (Å²) in [6.07, 6.45) is 0. The number of hydrogen-bond donors (Lipinski definition) is 1. The third-order valence-electron chi connectivity index (χ3n) is 2.66. The number of sulfonamides is 1. The van der Waals surface area contributed by atoms with E-state index in [2.05, 4.69) is 0 Å². The van der Waals surface area contributed by atoms with Gasteiger partial charge in [0.25, 0.3) is 10.0 Å². The summed E-state index contributed by atoms with van der Waals surface area (Å²) in [4.78, 5) is 0. The molecular weight excluding hydrogens is 246 g/mol. The van der Waals surface area contributed by atoms with E-state index in [1.807, 2.05) is 0 Å². The van der Waals surface area contributed by atoms with Crippen molar-refractivity contribution in [3.8, 4) is 0 Å². The average Bonchev–Trinajstić information content (AvgIpc) is 2.78. The van der Waals surface area contributed by atoms with Crippen LogP contribution in [0.5, 0.6) is 0 Å². The maximum atomic E-state index is 12.2. The van der Waals surface area contributed by atoms with Crippen LogP contribution in [0.2, 0.25) is 0 Å². The lowest BCUT2D eigenvalue weighted by atomic mass is 10.3. The van der Waals surface area contributed by atoms with Crippen molar-refractivity contribution in [2.24, 2.45) is 0 Å². The van der Waals surface area contributed by atoms with Crippen LogP contribution in [0.25, 0.3) is 0 Å². The molecule has 1 atom stereocenters. The van der Waals surface area contributed by atoms with E-state index in [0.717, 1.165) is 0 Å². The Morgan fingerprint density at radius 3 is 2.88 bits per heavy atom. The van der Waals surface area contributed by atoms with Gasteiger partial charge in [-0.3, -0.25) is 0 Å². The van der Waals surface area contributed by atoms with Gasteiger partial charge in [-0.2, -0.15) is 4.31 Å². The summed E-state index contributed by atoms with van der Waals surface area (Å²) < 4.78 is 36.1. The Bertz CT molecular complexity index is 481. The van der Waals surface area contributed by atoms with Crippen molar-refractivity contribution in [1.82, 2.24) is 4.31 Å². The van der Waals surface area contributed by atoms with Crippen LogP contribution >= 0.6 is 0 Å². The van der Waals surface area contributed by atoms with Gasteiger partial charge in [-0.25, -0.2) is 8.42 Å².